The fourth-order valence-electron chi connectivity index (χ4n) is 3.24. The van der Waals surface area contributed by atoms with Gasteiger partial charge >= 0.3 is 0 Å². The molecular formula is C21H26ClN3O4S. The van der Waals surface area contributed by atoms with E-state index in [1.54, 1.807) is 12.1 Å². The Labute approximate surface area is 182 Å². The van der Waals surface area contributed by atoms with Crippen molar-refractivity contribution in [3.8, 4) is 0 Å². The summed E-state index contributed by atoms with van der Waals surface area (Å²) >= 11 is 5.93. The molecule has 9 heteroatoms. The molecule has 1 heterocycles. The van der Waals surface area contributed by atoms with Crippen LogP contribution in [0, 0.1) is 0 Å². The first-order valence-corrected chi connectivity index (χ1v) is 11.7. The van der Waals surface area contributed by atoms with E-state index in [1.165, 1.54) is 17.7 Å². The zero-order valence-electron chi connectivity index (χ0n) is 16.6. The molecule has 30 heavy (non-hydrogen) atoms. The van der Waals surface area contributed by atoms with Crippen molar-refractivity contribution in [1.82, 2.24) is 14.9 Å². The van der Waals surface area contributed by atoms with E-state index in [2.05, 4.69) is 27.1 Å². The minimum Gasteiger partial charge on any atom is -0.374 e. The Kier molecular flexibility index (Phi) is 8.24. The number of ether oxygens (including phenoxy) is 1. The molecule has 1 aliphatic heterocycles. The average Bonchev–Trinajstić information content (AvgIpc) is 2.73. The smallest absolute Gasteiger partial charge is 0.242 e. The molecule has 162 valence electrons. The molecule has 2 aromatic carbocycles. The Morgan fingerprint density at radius 3 is 2.63 bits per heavy atom. The number of nitrogens with zero attached hydrogens (tertiary/aromatic N) is 1. The van der Waals surface area contributed by atoms with Crippen molar-refractivity contribution in [2.24, 2.45) is 0 Å². The quantitative estimate of drug-likeness (QED) is 0.609. The molecule has 0 aromatic heterocycles. The van der Waals surface area contributed by atoms with Gasteiger partial charge < -0.3 is 10.1 Å². The molecule has 0 spiro atoms. The van der Waals surface area contributed by atoms with Gasteiger partial charge in [0.25, 0.3) is 0 Å². The van der Waals surface area contributed by atoms with Crippen LogP contribution in [0.25, 0.3) is 0 Å². The highest BCUT2D eigenvalue weighted by molar-refractivity contribution is 7.89. The minimum atomic E-state index is -3.75. The lowest BCUT2D eigenvalue weighted by Gasteiger charge is -2.33. The van der Waals surface area contributed by atoms with Crippen molar-refractivity contribution in [2.45, 2.75) is 24.0 Å². The third-order valence-electron chi connectivity index (χ3n) is 4.77. The van der Waals surface area contributed by atoms with Gasteiger partial charge in [-0.2, -0.15) is 0 Å². The second-order valence-corrected chi connectivity index (χ2v) is 9.24. The number of rotatable bonds is 9. The molecular weight excluding hydrogens is 426 g/mol. The maximum absolute atomic E-state index is 12.3. The van der Waals surface area contributed by atoms with Crippen LogP contribution < -0.4 is 10.0 Å². The van der Waals surface area contributed by atoms with Gasteiger partial charge in [-0.05, 0) is 17.7 Å². The Morgan fingerprint density at radius 1 is 1.13 bits per heavy atom. The number of hydrogen-bond acceptors (Lipinski definition) is 5. The summed E-state index contributed by atoms with van der Waals surface area (Å²) in [5.74, 6) is -0.236. The Morgan fingerprint density at radius 2 is 1.87 bits per heavy atom. The Bertz CT molecular complexity index is 940. The summed E-state index contributed by atoms with van der Waals surface area (Å²) in [4.78, 5) is 14.4. The molecule has 0 radical (unpaired) electrons. The maximum atomic E-state index is 12.3. The van der Waals surface area contributed by atoms with Crippen molar-refractivity contribution in [2.75, 3.05) is 32.8 Å². The first-order valence-electron chi connectivity index (χ1n) is 9.83. The standard InChI is InChI=1S/C21H26ClN3O4S/c22-19-8-4-5-9-20(19)30(27,28)24-11-10-21(26)23-14-18-16-25(12-13-29-18)15-17-6-2-1-3-7-17/h1-9,18,24H,10-16H2,(H,23,26). The molecule has 1 fully saturated rings. The molecule has 1 amide bonds. The third kappa shape index (κ3) is 6.78. The molecule has 7 nitrogen and oxygen atoms in total. The SMILES string of the molecule is O=C(CCNS(=O)(=O)c1ccccc1Cl)NCC1CN(Cc2ccccc2)CCO1. The summed E-state index contributed by atoms with van der Waals surface area (Å²) in [5, 5.41) is 2.97. The van der Waals surface area contributed by atoms with E-state index in [1.807, 2.05) is 18.2 Å². The number of carbonyl (C=O) groups excluding carboxylic acids is 1. The second-order valence-electron chi connectivity index (χ2n) is 7.10. The van der Waals surface area contributed by atoms with Gasteiger partial charge in [-0.1, -0.05) is 54.1 Å². The molecule has 0 bridgehead atoms. The van der Waals surface area contributed by atoms with Gasteiger partial charge in [0.1, 0.15) is 4.90 Å². The average molecular weight is 452 g/mol. The van der Waals surface area contributed by atoms with Crippen LogP contribution in [0.3, 0.4) is 0 Å². The number of morpholine rings is 1. The van der Waals surface area contributed by atoms with E-state index >= 15 is 0 Å². The van der Waals surface area contributed by atoms with E-state index in [4.69, 9.17) is 16.3 Å². The summed E-state index contributed by atoms with van der Waals surface area (Å²) < 4.78 is 32.7. The predicted octanol–water partition coefficient (Wildman–Crippen LogP) is 2.03. The second kappa shape index (κ2) is 10.9. The van der Waals surface area contributed by atoms with Crippen LogP contribution in [-0.2, 0) is 26.1 Å². The van der Waals surface area contributed by atoms with E-state index < -0.39 is 10.0 Å². The number of sulfonamides is 1. The van der Waals surface area contributed by atoms with Crippen LogP contribution in [0.2, 0.25) is 5.02 Å². The third-order valence-corrected chi connectivity index (χ3v) is 6.73. The fourth-order valence-corrected chi connectivity index (χ4v) is 4.79. The summed E-state index contributed by atoms with van der Waals surface area (Å²) in [7, 11) is -3.75. The molecule has 3 rings (SSSR count). The van der Waals surface area contributed by atoms with Gasteiger partial charge in [0, 0.05) is 39.1 Å². The lowest BCUT2D eigenvalue weighted by atomic mass is 10.2. The lowest BCUT2D eigenvalue weighted by Crippen LogP contribution is -2.47. The van der Waals surface area contributed by atoms with Gasteiger partial charge in [-0.25, -0.2) is 13.1 Å². The molecule has 1 saturated heterocycles. The highest BCUT2D eigenvalue weighted by Crippen LogP contribution is 2.20. The molecule has 2 N–H and O–H groups in total. The van der Waals surface area contributed by atoms with Crippen LogP contribution in [0.1, 0.15) is 12.0 Å². The zero-order valence-corrected chi connectivity index (χ0v) is 18.2. The van der Waals surface area contributed by atoms with Crippen molar-refractivity contribution < 1.29 is 17.9 Å². The molecule has 1 unspecified atom stereocenters. The van der Waals surface area contributed by atoms with Gasteiger partial charge in [-0.3, -0.25) is 9.69 Å². The monoisotopic (exact) mass is 451 g/mol. The number of benzene rings is 2. The van der Waals surface area contributed by atoms with E-state index in [9.17, 15) is 13.2 Å². The minimum absolute atomic E-state index is 0.00110. The number of hydrogen-bond donors (Lipinski definition) is 2. The van der Waals surface area contributed by atoms with Gasteiger partial charge in [0.05, 0.1) is 17.7 Å². The lowest BCUT2D eigenvalue weighted by molar-refractivity contribution is -0.122. The topological polar surface area (TPSA) is 87.7 Å². The molecule has 0 saturated carbocycles. The van der Waals surface area contributed by atoms with Crippen molar-refractivity contribution in [3.05, 3.63) is 65.2 Å². The summed E-state index contributed by atoms with van der Waals surface area (Å²) in [6.07, 6.45) is -0.0596. The van der Waals surface area contributed by atoms with Crippen LogP contribution in [0.15, 0.2) is 59.5 Å². The Hall–Kier alpha value is -1.97. The van der Waals surface area contributed by atoms with E-state index in [-0.39, 0.29) is 34.9 Å². The van der Waals surface area contributed by atoms with Gasteiger partial charge in [0.15, 0.2) is 0 Å². The van der Waals surface area contributed by atoms with E-state index in [0.29, 0.717) is 13.2 Å². The molecule has 1 atom stereocenters. The maximum Gasteiger partial charge on any atom is 0.242 e. The number of nitrogens with one attached hydrogen (secondary N) is 2. The predicted molar refractivity (Wildman–Crippen MR) is 116 cm³/mol. The largest absolute Gasteiger partial charge is 0.374 e. The van der Waals surface area contributed by atoms with Crippen LogP contribution in [0.4, 0.5) is 0 Å². The highest BCUT2D eigenvalue weighted by atomic mass is 35.5. The van der Waals surface area contributed by atoms with Crippen LogP contribution in [-0.4, -0.2) is 58.1 Å². The summed E-state index contributed by atoms with van der Waals surface area (Å²) in [5.41, 5.74) is 1.24. The Balaban J connectivity index is 1.38. The molecule has 2 aromatic rings. The number of carbonyl (C=O) groups is 1. The van der Waals surface area contributed by atoms with Gasteiger partial charge in [0.2, 0.25) is 15.9 Å². The fraction of sp³-hybridized carbons (Fsp3) is 0.381. The zero-order chi connectivity index (χ0) is 21.4. The summed E-state index contributed by atoms with van der Waals surface area (Å²) in [6.45, 7) is 3.42. The van der Waals surface area contributed by atoms with Crippen molar-refractivity contribution in [3.63, 3.8) is 0 Å². The first kappa shape index (κ1) is 22.7. The number of amides is 1. The number of halogens is 1. The van der Waals surface area contributed by atoms with Crippen molar-refractivity contribution in [1.29, 1.82) is 0 Å². The van der Waals surface area contributed by atoms with Crippen LogP contribution >= 0.6 is 11.6 Å². The molecule has 1 aliphatic rings. The molecule has 0 aliphatic carbocycles. The highest BCUT2D eigenvalue weighted by Gasteiger charge is 2.21. The van der Waals surface area contributed by atoms with E-state index in [0.717, 1.165) is 19.6 Å². The van der Waals surface area contributed by atoms with Gasteiger partial charge in [-0.15, -0.1) is 0 Å². The van der Waals surface area contributed by atoms with Crippen LogP contribution in [0.5, 0.6) is 0 Å². The summed E-state index contributed by atoms with van der Waals surface area (Å²) in [6, 6.07) is 16.4. The van der Waals surface area contributed by atoms with Crippen molar-refractivity contribution >= 4 is 27.5 Å². The first-order chi connectivity index (χ1) is 14.4. The normalized spacial score (nSPS) is 17.6.